The number of hydrogen-bond donors (Lipinski definition) is 2. The highest BCUT2D eigenvalue weighted by molar-refractivity contribution is 5.87. The van der Waals surface area contributed by atoms with E-state index in [2.05, 4.69) is 19.2 Å². The molecule has 0 aromatic rings. The van der Waals surface area contributed by atoms with Crippen molar-refractivity contribution < 1.29 is 14.7 Å². The smallest absolute Gasteiger partial charge is 0.329 e. The van der Waals surface area contributed by atoms with Gasteiger partial charge in [0, 0.05) is 5.92 Å². The predicted molar refractivity (Wildman–Crippen MR) is 70.2 cm³/mol. The first-order valence-electron chi connectivity index (χ1n) is 6.75. The second kappa shape index (κ2) is 5.29. The Morgan fingerprint density at radius 1 is 1.44 bits per heavy atom. The number of hydrogen-bond acceptors (Lipinski definition) is 2. The molecule has 0 spiro atoms. The fraction of sp³-hybridized carbons (Fsp3) is 0.857. The van der Waals surface area contributed by atoms with Crippen molar-refractivity contribution in [2.24, 2.45) is 11.3 Å². The van der Waals surface area contributed by atoms with Crippen LogP contribution in [0.2, 0.25) is 0 Å². The molecule has 104 valence electrons. The molecule has 4 nitrogen and oxygen atoms in total. The molecule has 0 radical (unpaired) electrons. The number of carboxylic acid groups (broad SMARTS) is 1. The lowest BCUT2D eigenvalue weighted by molar-refractivity contribution is -0.148. The van der Waals surface area contributed by atoms with E-state index >= 15 is 0 Å². The number of aliphatic carboxylic acids is 1. The Morgan fingerprint density at radius 2 is 2.06 bits per heavy atom. The van der Waals surface area contributed by atoms with Crippen LogP contribution in [0.1, 0.15) is 59.8 Å². The van der Waals surface area contributed by atoms with Crippen LogP contribution < -0.4 is 5.32 Å². The Labute approximate surface area is 109 Å². The van der Waals surface area contributed by atoms with Crippen LogP contribution in [0.3, 0.4) is 0 Å². The van der Waals surface area contributed by atoms with Gasteiger partial charge in [0.25, 0.3) is 0 Å². The van der Waals surface area contributed by atoms with Crippen LogP contribution in [0.25, 0.3) is 0 Å². The summed E-state index contributed by atoms with van der Waals surface area (Å²) < 4.78 is 0. The summed E-state index contributed by atoms with van der Waals surface area (Å²) in [4.78, 5) is 23.4. The molecule has 1 saturated carbocycles. The van der Waals surface area contributed by atoms with Crippen molar-refractivity contribution >= 4 is 11.9 Å². The number of carbonyl (C=O) groups is 2. The van der Waals surface area contributed by atoms with Gasteiger partial charge in [0.05, 0.1) is 0 Å². The summed E-state index contributed by atoms with van der Waals surface area (Å²) in [7, 11) is 0. The van der Waals surface area contributed by atoms with Crippen molar-refractivity contribution in [1.82, 2.24) is 5.32 Å². The first-order valence-corrected chi connectivity index (χ1v) is 6.75. The molecule has 1 rings (SSSR count). The molecule has 0 heterocycles. The van der Waals surface area contributed by atoms with E-state index in [9.17, 15) is 9.59 Å². The fourth-order valence-corrected chi connectivity index (χ4v) is 2.59. The minimum absolute atomic E-state index is 0.0426. The molecule has 0 aliphatic heterocycles. The Balaban J connectivity index is 2.68. The first kappa shape index (κ1) is 15.0. The largest absolute Gasteiger partial charge is 0.480 e. The third-order valence-corrected chi connectivity index (χ3v) is 4.15. The summed E-state index contributed by atoms with van der Waals surface area (Å²) in [5.41, 5.74) is -0.954. The van der Waals surface area contributed by atoms with Gasteiger partial charge in [-0.1, -0.05) is 27.2 Å². The maximum absolute atomic E-state index is 12.2. The normalized spacial score (nSPS) is 26.1. The van der Waals surface area contributed by atoms with Crippen LogP contribution in [0.4, 0.5) is 0 Å². The third-order valence-electron chi connectivity index (χ3n) is 4.15. The summed E-state index contributed by atoms with van der Waals surface area (Å²) in [5, 5.41) is 11.9. The van der Waals surface area contributed by atoms with Crippen molar-refractivity contribution in [3.63, 3.8) is 0 Å². The average molecular weight is 255 g/mol. The van der Waals surface area contributed by atoms with Gasteiger partial charge in [0.2, 0.25) is 5.91 Å². The molecule has 2 N–H and O–H groups in total. The number of amides is 1. The van der Waals surface area contributed by atoms with Crippen LogP contribution in [0, 0.1) is 11.3 Å². The van der Waals surface area contributed by atoms with Gasteiger partial charge in [-0.2, -0.15) is 0 Å². The Morgan fingerprint density at radius 3 is 2.50 bits per heavy atom. The van der Waals surface area contributed by atoms with E-state index in [-0.39, 0.29) is 17.2 Å². The Bertz CT molecular complexity index is 338. The second-order valence-corrected chi connectivity index (χ2v) is 6.44. The quantitative estimate of drug-likeness (QED) is 0.811. The third kappa shape index (κ3) is 3.47. The molecular weight excluding hydrogens is 230 g/mol. The molecule has 0 bridgehead atoms. The molecule has 0 aromatic heterocycles. The van der Waals surface area contributed by atoms with Gasteiger partial charge in [-0.05, 0) is 38.0 Å². The second-order valence-electron chi connectivity index (χ2n) is 6.44. The monoisotopic (exact) mass is 255 g/mol. The lowest BCUT2D eigenvalue weighted by atomic mass is 9.72. The van der Waals surface area contributed by atoms with Gasteiger partial charge in [-0.3, -0.25) is 4.79 Å². The van der Waals surface area contributed by atoms with Crippen molar-refractivity contribution in [3.05, 3.63) is 0 Å². The molecule has 2 unspecified atom stereocenters. The summed E-state index contributed by atoms with van der Waals surface area (Å²) in [5.74, 6) is -1.11. The van der Waals surface area contributed by atoms with Crippen LogP contribution in [0.15, 0.2) is 0 Å². The van der Waals surface area contributed by atoms with Crippen LogP contribution >= 0.6 is 0 Å². The average Bonchev–Trinajstić information content (AvgIpc) is 2.27. The van der Waals surface area contributed by atoms with E-state index in [1.165, 1.54) is 0 Å². The fourth-order valence-electron chi connectivity index (χ4n) is 2.59. The zero-order valence-corrected chi connectivity index (χ0v) is 11.9. The molecule has 4 heteroatoms. The topological polar surface area (TPSA) is 66.4 Å². The van der Waals surface area contributed by atoms with E-state index in [0.29, 0.717) is 6.42 Å². The van der Waals surface area contributed by atoms with Crippen LogP contribution in [0.5, 0.6) is 0 Å². The molecular formula is C14H25NO3. The standard InChI is InChI=1S/C14H25NO3/c1-5-14(4,12(17)18)15-11(16)10-7-6-8-13(2,3)9-10/h10H,5-9H2,1-4H3,(H,15,16)(H,17,18). The van der Waals surface area contributed by atoms with Crippen molar-refractivity contribution in [2.45, 2.75) is 65.3 Å². The summed E-state index contributed by atoms with van der Waals surface area (Å²) in [6.45, 7) is 7.69. The molecule has 2 atom stereocenters. The van der Waals surface area contributed by atoms with E-state index < -0.39 is 11.5 Å². The molecule has 1 aliphatic rings. The lowest BCUT2D eigenvalue weighted by Gasteiger charge is -2.36. The van der Waals surface area contributed by atoms with Gasteiger partial charge in [0.1, 0.15) is 5.54 Å². The highest BCUT2D eigenvalue weighted by Gasteiger charge is 2.37. The van der Waals surface area contributed by atoms with E-state index in [1.54, 1.807) is 13.8 Å². The summed E-state index contributed by atoms with van der Waals surface area (Å²) >= 11 is 0. The van der Waals surface area contributed by atoms with Crippen LogP contribution in [-0.2, 0) is 9.59 Å². The summed E-state index contributed by atoms with van der Waals surface area (Å²) in [6.07, 6.45) is 4.29. The molecule has 18 heavy (non-hydrogen) atoms. The zero-order chi connectivity index (χ0) is 14.0. The predicted octanol–water partition coefficient (Wildman–Crippen LogP) is 2.57. The Kier molecular flexibility index (Phi) is 4.41. The summed E-state index contributed by atoms with van der Waals surface area (Å²) in [6, 6.07) is 0. The minimum atomic E-state index is -1.14. The molecule has 1 amide bonds. The van der Waals surface area contributed by atoms with Crippen molar-refractivity contribution in [3.8, 4) is 0 Å². The maximum atomic E-state index is 12.2. The first-order chi connectivity index (χ1) is 8.20. The van der Waals surface area contributed by atoms with Crippen molar-refractivity contribution in [2.75, 3.05) is 0 Å². The number of carbonyl (C=O) groups excluding carboxylic acids is 1. The molecule has 1 aliphatic carbocycles. The number of nitrogens with one attached hydrogen (secondary N) is 1. The minimum Gasteiger partial charge on any atom is -0.480 e. The van der Waals surface area contributed by atoms with Gasteiger partial charge in [-0.15, -0.1) is 0 Å². The van der Waals surface area contributed by atoms with Crippen LogP contribution in [-0.4, -0.2) is 22.5 Å². The van der Waals surface area contributed by atoms with Gasteiger partial charge < -0.3 is 10.4 Å². The molecule has 0 aromatic carbocycles. The highest BCUT2D eigenvalue weighted by atomic mass is 16.4. The van der Waals surface area contributed by atoms with E-state index in [4.69, 9.17) is 5.11 Å². The van der Waals surface area contributed by atoms with Gasteiger partial charge in [-0.25, -0.2) is 4.79 Å². The van der Waals surface area contributed by atoms with Gasteiger partial charge >= 0.3 is 5.97 Å². The van der Waals surface area contributed by atoms with Crippen molar-refractivity contribution in [1.29, 1.82) is 0 Å². The molecule has 1 fully saturated rings. The highest BCUT2D eigenvalue weighted by Crippen LogP contribution is 2.38. The van der Waals surface area contributed by atoms with E-state index in [1.807, 2.05) is 0 Å². The maximum Gasteiger partial charge on any atom is 0.329 e. The van der Waals surface area contributed by atoms with E-state index in [0.717, 1.165) is 25.7 Å². The molecule has 0 saturated heterocycles. The number of rotatable bonds is 4. The van der Waals surface area contributed by atoms with Gasteiger partial charge in [0.15, 0.2) is 0 Å². The lowest BCUT2D eigenvalue weighted by Crippen LogP contribution is -2.54. The SMILES string of the molecule is CCC(C)(NC(=O)C1CCCC(C)(C)C1)C(=O)O. The Hall–Kier alpha value is -1.06. The number of carboxylic acids is 1. The zero-order valence-electron chi connectivity index (χ0n) is 11.9.